The minimum Gasteiger partial charge on any atom is -0.388 e. The second kappa shape index (κ2) is 5.93. The van der Waals surface area contributed by atoms with E-state index in [4.69, 9.17) is 4.52 Å². The van der Waals surface area contributed by atoms with Gasteiger partial charge in [-0.25, -0.2) is 0 Å². The third kappa shape index (κ3) is 2.90. The van der Waals surface area contributed by atoms with Crippen LogP contribution in [0.15, 0.2) is 34.9 Å². The number of amides is 1. The van der Waals surface area contributed by atoms with E-state index < -0.39 is 5.60 Å². The molecule has 0 saturated heterocycles. The van der Waals surface area contributed by atoms with Crippen LogP contribution in [-0.4, -0.2) is 28.3 Å². The molecule has 2 N–H and O–H groups in total. The first-order chi connectivity index (χ1) is 10.6. The Morgan fingerprint density at radius 3 is 2.68 bits per heavy atom. The lowest BCUT2D eigenvalue weighted by Crippen LogP contribution is -2.41. The number of hydrogen-bond donors (Lipinski definition) is 2. The minimum atomic E-state index is -0.770. The van der Waals surface area contributed by atoms with Crippen molar-refractivity contribution in [2.75, 3.05) is 6.54 Å². The predicted molar refractivity (Wildman–Crippen MR) is 82.4 cm³/mol. The Hall–Kier alpha value is -2.14. The topological polar surface area (TPSA) is 75.4 Å². The largest absolute Gasteiger partial charge is 0.388 e. The van der Waals surface area contributed by atoms with Crippen molar-refractivity contribution < 1.29 is 14.4 Å². The third-order valence-corrected chi connectivity index (χ3v) is 4.25. The molecule has 1 aromatic heterocycles. The second-order valence-electron chi connectivity index (χ2n) is 5.94. The van der Waals surface area contributed by atoms with Gasteiger partial charge in [-0.2, -0.15) is 0 Å². The minimum absolute atomic E-state index is 0.252. The van der Waals surface area contributed by atoms with E-state index in [2.05, 4.69) is 10.5 Å². The molecule has 1 aliphatic carbocycles. The fourth-order valence-electron chi connectivity index (χ4n) is 2.98. The first-order valence-electron chi connectivity index (χ1n) is 7.61. The number of carbonyl (C=O) groups excluding carboxylic acids is 1. The van der Waals surface area contributed by atoms with Crippen molar-refractivity contribution in [2.45, 2.75) is 38.2 Å². The van der Waals surface area contributed by atoms with Crippen LogP contribution in [0.25, 0.3) is 11.3 Å². The van der Waals surface area contributed by atoms with Crippen LogP contribution in [-0.2, 0) is 0 Å². The average Bonchev–Trinajstić information content (AvgIpc) is 3.13. The highest BCUT2D eigenvalue weighted by atomic mass is 16.5. The maximum absolute atomic E-state index is 12.5. The molecule has 1 aliphatic rings. The van der Waals surface area contributed by atoms with Crippen LogP contribution in [0.3, 0.4) is 0 Å². The van der Waals surface area contributed by atoms with Gasteiger partial charge in [0.05, 0.1) is 5.60 Å². The van der Waals surface area contributed by atoms with Gasteiger partial charge < -0.3 is 14.9 Å². The van der Waals surface area contributed by atoms with E-state index in [-0.39, 0.29) is 12.5 Å². The van der Waals surface area contributed by atoms with Crippen LogP contribution in [0, 0.1) is 6.92 Å². The van der Waals surface area contributed by atoms with Crippen LogP contribution in [0.4, 0.5) is 0 Å². The highest BCUT2D eigenvalue weighted by molar-refractivity contribution is 6.00. The molecule has 3 rings (SSSR count). The predicted octanol–water partition coefficient (Wildman–Crippen LogP) is 2.68. The van der Waals surface area contributed by atoms with E-state index >= 15 is 0 Å². The molecular weight excluding hydrogens is 280 g/mol. The zero-order valence-corrected chi connectivity index (χ0v) is 12.6. The number of nitrogens with one attached hydrogen (secondary N) is 1. The zero-order chi connectivity index (χ0) is 15.6. The Kier molecular flexibility index (Phi) is 3.98. The number of aryl methyl sites for hydroxylation is 1. The molecule has 0 atom stereocenters. The summed E-state index contributed by atoms with van der Waals surface area (Å²) in [6.45, 7) is 1.99. The van der Waals surface area contributed by atoms with Crippen molar-refractivity contribution in [1.82, 2.24) is 10.5 Å². The van der Waals surface area contributed by atoms with Gasteiger partial charge in [0, 0.05) is 12.1 Å². The van der Waals surface area contributed by atoms with Gasteiger partial charge in [-0.15, -0.1) is 0 Å². The molecule has 1 saturated carbocycles. The average molecular weight is 300 g/mol. The van der Waals surface area contributed by atoms with Crippen molar-refractivity contribution in [3.8, 4) is 11.3 Å². The van der Waals surface area contributed by atoms with Gasteiger partial charge in [-0.1, -0.05) is 48.3 Å². The Morgan fingerprint density at radius 1 is 1.32 bits per heavy atom. The number of aromatic nitrogens is 1. The van der Waals surface area contributed by atoms with Crippen LogP contribution < -0.4 is 5.32 Å². The SMILES string of the molecule is Cc1onc(-c2ccccc2)c1C(=O)NCC1(O)CCCC1. The van der Waals surface area contributed by atoms with E-state index in [1.165, 1.54) is 0 Å². The number of hydrogen-bond acceptors (Lipinski definition) is 4. The summed E-state index contributed by atoms with van der Waals surface area (Å²) < 4.78 is 5.19. The zero-order valence-electron chi connectivity index (χ0n) is 12.6. The number of rotatable bonds is 4. The first kappa shape index (κ1) is 14.8. The van der Waals surface area contributed by atoms with E-state index in [0.717, 1.165) is 31.2 Å². The maximum Gasteiger partial charge on any atom is 0.257 e. The molecule has 2 aromatic rings. The number of nitrogens with zero attached hydrogens (tertiary/aromatic N) is 1. The van der Waals surface area contributed by atoms with Crippen LogP contribution in [0.2, 0.25) is 0 Å². The van der Waals surface area contributed by atoms with Crippen molar-refractivity contribution in [3.63, 3.8) is 0 Å². The van der Waals surface area contributed by atoms with Crippen molar-refractivity contribution in [2.24, 2.45) is 0 Å². The fraction of sp³-hybridized carbons (Fsp3) is 0.412. The quantitative estimate of drug-likeness (QED) is 0.910. The smallest absolute Gasteiger partial charge is 0.257 e. The molecule has 0 spiro atoms. The standard InChI is InChI=1S/C17H20N2O3/c1-12-14(15(19-22-12)13-7-3-2-4-8-13)16(20)18-11-17(21)9-5-6-10-17/h2-4,7-8,21H,5-6,9-11H2,1H3,(H,18,20). The van der Waals surface area contributed by atoms with E-state index in [9.17, 15) is 9.90 Å². The van der Waals surface area contributed by atoms with Gasteiger partial charge >= 0.3 is 0 Å². The monoisotopic (exact) mass is 300 g/mol. The molecule has 1 amide bonds. The lowest BCUT2D eigenvalue weighted by Gasteiger charge is -2.22. The van der Waals surface area contributed by atoms with Crippen molar-refractivity contribution >= 4 is 5.91 Å². The molecule has 0 radical (unpaired) electrons. The highest BCUT2D eigenvalue weighted by Gasteiger charge is 2.32. The summed E-state index contributed by atoms with van der Waals surface area (Å²) >= 11 is 0. The van der Waals surface area contributed by atoms with Gasteiger partial charge in [-0.3, -0.25) is 4.79 Å². The van der Waals surface area contributed by atoms with Crippen molar-refractivity contribution in [3.05, 3.63) is 41.7 Å². The van der Waals surface area contributed by atoms with Crippen molar-refractivity contribution in [1.29, 1.82) is 0 Å². The first-order valence-corrected chi connectivity index (χ1v) is 7.61. The van der Waals surface area contributed by atoms with Gasteiger partial charge in [-0.05, 0) is 19.8 Å². The number of benzene rings is 1. The highest BCUT2D eigenvalue weighted by Crippen LogP contribution is 2.29. The van der Waals surface area contributed by atoms with Gasteiger partial charge in [0.2, 0.25) is 0 Å². The Balaban J connectivity index is 1.79. The van der Waals surface area contributed by atoms with E-state index in [1.54, 1.807) is 6.92 Å². The number of carbonyl (C=O) groups is 1. The molecule has 1 fully saturated rings. The van der Waals surface area contributed by atoms with E-state index in [0.29, 0.717) is 17.0 Å². The van der Waals surface area contributed by atoms with Gasteiger partial charge in [0.25, 0.3) is 5.91 Å². The van der Waals surface area contributed by atoms with Gasteiger partial charge in [0.1, 0.15) is 17.0 Å². The molecule has 1 aromatic carbocycles. The lowest BCUT2D eigenvalue weighted by molar-refractivity contribution is 0.0449. The fourth-order valence-corrected chi connectivity index (χ4v) is 2.98. The molecule has 0 unspecified atom stereocenters. The van der Waals surface area contributed by atoms with Gasteiger partial charge in [0.15, 0.2) is 0 Å². The molecule has 5 heteroatoms. The summed E-state index contributed by atoms with van der Waals surface area (Å²) in [6.07, 6.45) is 3.49. The summed E-state index contributed by atoms with van der Waals surface area (Å²) in [6, 6.07) is 9.47. The number of aliphatic hydroxyl groups is 1. The van der Waals surface area contributed by atoms with Crippen LogP contribution in [0.5, 0.6) is 0 Å². The molecule has 1 heterocycles. The third-order valence-electron chi connectivity index (χ3n) is 4.25. The Labute approximate surface area is 129 Å². The van der Waals surface area contributed by atoms with Crippen LogP contribution in [0.1, 0.15) is 41.8 Å². The normalized spacial score (nSPS) is 16.6. The van der Waals surface area contributed by atoms with E-state index in [1.807, 2.05) is 30.3 Å². The van der Waals surface area contributed by atoms with Crippen LogP contribution >= 0.6 is 0 Å². The Bertz CT molecular complexity index is 658. The molecule has 116 valence electrons. The summed E-state index contributed by atoms with van der Waals surface area (Å²) in [7, 11) is 0. The summed E-state index contributed by atoms with van der Waals surface area (Å²) in [5, 5.41) is 17.2. The molecular formula is C17H20N2O3. The molecule has 0 bridgehead atoms. The second-order valence-corrected chi connectivity index (χ2v) is 5.94. The molecule has 5 nitrogen and oxygen atoms in total. The summed E-state index contributed by atoms with van der Waals surface area (Å²) in [5.41, 5.74) is 1.04. The molecule has 0 aliphatic heterocycles. The summed E-state index contributed by atoms with van der Waals surface area (Å²) in [5.74, 6) is 0.229. The maximum atomic E-state index is 12.5. The molecule has 22 heavy (non-hydrogen) atoms. The Morgan fingerprint density at radius 2 is 2.00 bits per heavy atom. The summed E-state index contributed by atoms with van der Waals surface area (Å²) in [4.78, 5) is 12.5. The lowest BCUT2D eigenvalue weighted by atomic mass is 10.0.